The molecule has 0 aliphatic rings. The van der Waals surface area contributed by atoms with Gasteiger partial charge in [-0.2, -0.15) is 5.26 Å². The van der Waals surface area contributed by atoms with Gasteiger partial charge >= 0.3 is 0 Å². The van der Waals surface area contributed by atoms with Crippen LogP contribution >= 0.6 is 23.4 Å². The molecule has 0 bridgehead atoms. The monoisotopic (exact) mass is 420 g/mol. The first kappa shape index (κ1) is 19.2. The van der Waals surface area contributed by atoms with Crippen molar-refractivity contribution >= 4 is 23.4 Å². The highest BCUT2D eigenvalue weighted by molar-refractivity contribution is 7.98. The van der Waals surface area contributed by atoms with E-state index in [-0.39, 0.29) is 5.82 Å². The van der Waals surface area contributed by atoms with Crippen LogP contribution in [0.1, 0.15) is 11.1 Å². The zero-order chi connectivity index (χ0) is 20.2. The Bertz CT molecular complexity index is 1200. The Morgan fingerprint density at radius 3 is 2.41 bits per heavy atom. The molecule has 29 heavy (non-hydrogen) atoms. The molecule has 0 atom stereocenters. The Hall–Kier alpha value is -3.14. The maximum absolute atomic E-state index is 14.6. The van der Waals surface area contributed by atoms with Crippen LogP contribution in [0.4, 0.5) is 4.39 Å². The summed E-state index contributed by atoms with van der Waals surface area (Å²) < 4.78 is 16.3. The summed E-state index contributed by atoms with van der Waals surface area (Å²) in [7, 11) is 0. The van der Waals surface area contributed by atoms with Gasteiger partial charge in [0.25, 0.3) is 0 Å². The van der Waals surface area contributed by atoms with Gasteiger partial charge in [-0.1, -0.05) is 59.8 Å². The Morgan fingerprint density at radius 1 is 0.966 bits per heavy atom. The summed E-state index contributed by atoms with van der Waals surface area (Å²) in [5.41, 5.74) is 2.66. The van der Waals surface area contributed by atoms with Crippen molar-refractivity contribution in [2.24, 2.45) is 0 Å². The second-order valence-electron chi connectivity index (χ2n) is 6.17. The number of halogens is 2. The molecule has 0 saturated heterocycles. The van der Waals surface area contributed by atoms with Crippen molar-refractivity contribution in [1.82, 2.24) is 14.8 Å². The van der Waals surface area contributed by atoms with Gasteiger partial charge in [-0.15, -0.1) is 10.2 Å². The average Bonchev–Trinajstić information content (AvgIpc) is 3.16. The van der Waals surface area contributed by atoms with Gasteiger partial charge in [0.2, 0.25) is 0 Å². The highest BCUT2D eigenvalue weighted by atomic mass is 35.5. The van der Waals surface area contributed by atoms with E-state index >= 15 is 0 Å². The van der Waals surface area contributed by atoms with Gasteiger partial charge in [0.05, 0.1) is 22.3 Å². The van der Waals surface area contributed by atoms with Crippen molar-refractivity contribution in [2.45, 2.75) is 10.9 Å². The lowest BCUT2D eigenvalue weighted by Crippen LogP contribution is -2.02. The molecule has 1 aromatic heterocycles. The molecular formula is C22H14ClFN4S. The van der Waals surface area contributed by atoms with Crippen LogP contribution in [0.25, 0.3) is 17.1 Å². The molecule has 0 spiro atoms. The lowest BCUT2D eigenvalue weighted by atomic mass is 10.2. The summed E-state index contributed by atoms with van der Waals surface area (Å²) in [5.74, 6) is 0.699. The van der Waals surface area contributed by atoms with E-state index in [2.05, 4.69) is 16.3 Å². The Balaban J connectivity index is 1.75. The van der Waals surface area contributed by atoms with Crippen LogP contribution < -0.4 is 0 Å². The minimum atomic E-state index is -0.374. The van der Waals surface area contributed by atoms with Gasteiger partial charge in [-0.05, 0) is 42.0 Å². The molecule has 0 saturated carbocycles. The maximum Gasteiger partial charge on any atom is 0.196 e. The van der Waals surface area contributed by atoms with E-state index in [0.717, 1.165) is 5.56 Å². The molecule has 4 rings (SSSR count). The van der Waals surface area contributed by atoms with Crippen LogP contribution in [-0.2, 0) is 5.75 Å². The fraction of sp³-hybridized carbons (Fsp3) is 0.0455. The largest absolute Gasteiger partial charge is 0.267 e. The Morgan fingerprint density at radius 2 is 1.69 bits per heavy atom. The van der Waals surface area contributed by atoms with E-state index in [1.54, 1.807) is 41.0 Å². The number of para-hydroxylation sites is 1. The van der Waals surface area contributed by atoms with Crippen molar-refractivity contribution in [2.75, 3.05) is 0 Å². The zero-order valence-corrected chi connectivity index (χ0v) is 16.7. The summed E-state index contributed by atoms with van der Waals surface area (Å²) in [6, 6.07) is 23.2. The number of rotatable bonds is 5. The molecule has 0 aliphatic carbocycles. The molecule has 0 radical (unpaired) electrons. The molecule has 0 fully saturated rings. The fourth-order valence-electron chi connectivity index (χ4n) is 2.85. The van der Waals surface area contributed by atoms with Crippen molar-refractivity contribution in [1.29, 1.82) is 5.26 Å². The number of hydrogen-bond donors (Lipinski definition) is 0. The first-order valence-corrected chi connectivity index (χ1v) is 10.1. The van der Waals surface area contributed by atoms with E-state index in [1.807, 2.05) is 30.3 Å². The highest BCUT2D eigenvalue weighted by Crippen LogP contribution is 2.33. The lowest BCUT2D eigenvalue weighted by Gasteiger charge is -2.12. The van der Waals surface area contributed by atoms with Crippen LogP contribution in [0.2, 0.25) is 5.02 Å². The summed E-state index contributed by atoms with van der Waals surface area (Å²) in [6.45, 7) is 0. The van der Waals surface area contributed by atoms with Gasteiger partial charge in [-0.3, -0.25) is 4.57 Å². The van der Waals surface area contributed by atoms with Gasteiger partial charge in [0, 0.05) is 11.3 Å². The maximum atomic E-state index is 14.6. The van der Waals surface area contributed by atoms with Crippen molar-refractivity contribution in [3.05, 3.63) is 94.8 Å². The standard InChI is InChI=1S/C22H14ClFN4S/c23-18-6-2-1-5-17(18)21-26-27-22(28(21)20-8-4-3-7-19(20)24)29-14-16-11-9-15(13-25)10-12-16/h1-12H,14H2. The number of thioether (sulfide) groups is 1. The first-order valence-electron chi connectivity index (χ1n) is 8.74. The van der Waals surface area contributed by atoms with Crippen LogP contribution in [0.15, 0.2) is 78.0 Å². The molecule has 142 valence electrons. The highest BCUT2D eigenvalue weighted by Gasteiger charge is 2.20. The fourth-order valence-corrected chi connectivity index (χ4v) is 3.97. The van der Waals surface area contributed by atoms with Gasteiger partial charge in [-0.25, -0.2) is 4.39 Å². The molecule has 4 aromatic rings. The van der Waals surface area contributed by atoms with Crippen molar-refractivity contribution in [3.63, 3.8) is 0 Å². The number of benzene rings is 3. The molecule has 4 nitrogen and oxygen atoms in total. The number of nitrogens with zero attached hydrogens (tertiary/aromatic N) is 4. The molecule has 0 N–H and O–H groups in total. The van der Waals surface area contributed by atoms with Crippen molar-refractivity contribution in [3.8, 4) is 23.1 Å². The normalized spacial score (nSPS) is 10.7. The lowest BCUT2D eigenvalue weighted by molar-refractivity contribution is 0.613. The molecule has 0 unspecified atom stereocenters. The van der Waals surface area contributed by atoms with Crippen LogP contribution in [0.5, 0.6) is 0 Å². The Labute approximate surface area is 176 Å². The van der Waals surface area contributed by atoms with Gasteiger partial charge in [0.15, 0.2) is 11.0 Å². The van der Waals surface area contributed by atoms with Gasteiger partial charge in [0.1, 0.15) is 5.82 Å². The van der Waals surface area contributed by atoms with E-state index in [9.17, 15) is 4.39 Å². The second kappa shape index (κ2) is 8.48. The summed E-state index contributed by atoms with van der Waals surface area (Å²) >= 11 is 7.80. The van der Waals surface area contributed by atoms with Crippen LogP contribution in [0, 0.1) is 17.1 Å². The summed E-state index contributed by atoms with van der Waals surface area (Å²) in [6.07, 6.45) is 0. The number of nitriles is 1. The topological polar surface area (TPSA) is 54.5 Å². The molecule has 0 amide bonds. The van der Waals surface area contributed by atoms with Crippen LogP contribution in [-0.4, -0.2) is 14.8 Å². The Kier molecular flexibility index (Phi) is 5.61. The quantitative estimate of drug-likeness (QED) is 0.378. The van der Waals surface area contributed by atoms with E-state index in [4.69, 9.17) is 16.9 Å². The number of hydrogen-bond acceptors (Lipinski definition) is 4. The molecule has 0 aliphatic heterocycles. The third-order valence-electron chi connectivity index (χ3n) is 4.29. The van der Waals surface area contributed by atoms with Crippen LogP contribution in [0.3, 0.4) is 0 Å². The number of aromatic nitrogens is 3. The molecule has 1 heterocycles. The van der Waals surface area contributed by atoms with Crippen molar-refractivity contribution < 1.29 is 4.39 Å². The predicted octanol–water partition coefficient (Wildman–Crippen LogP) is 5.89. The minimum Gasteiger partial charge on any atom is -0.267 e. The SMILES string of the molecule is N#Cc1ccc(CSc2nnc(-c3ccccc3Cl)n2-c2ccccc2F)cc1. The molecule has 3 aromatic carbocycles. The van der Waals surface area contributed by atoms with Gasteiger partial charge < -0.3 is 0 Å². The second-order valence-corrected chi connectivity index (χ2v) is 7.52. The van der Waals surface area contributed by atoms with E-state index in [0.29, 0.717) is 38.6 Å². The third-order valence-corrected chi connectivity index (χ3v) is 5.62. The minimum absolute atomic E-state index is 0.356. The smallest absolute Gasteiger partial charge is 0.196 e. The average molecular weight is 421 g/mol. The summed E-state index contributed by atoms with van der Waals surface area (Å²) in [4.78, 5) is 0. The molecule has 7 heteroatoms. The predicted molar refractivity (Wildman–Crippen MR) is 112 cm³/mol. The summed E-state index contributed by atoms with van der Waals surface area (Å²) in [5, 5.41) is 18.6. The zero-order valence-electron chi connectivity index (χ0n) is 15.1. The van der Waals surface area contributed by atoms with E-state index < -0.39 is 0 Å². The third kappa shape index (κ3) is 4.02. The van der Waals surface area contributed by atoms with E-state index in [1.165, 1.54) is 17.8 Å². The molecular weight excluding hydrogens is 407 g/mol. The first-order chi connectivity index (χ1) is 14.2.